The topological polar surface area (TPSA) is 18.5 Å². The Morgan fingerprint density at radius 1 is 0.583 bits per heavy atom. The number of hydrogen-bond donors (Lipinski definition) is 0. The summed E-state index contributed by atoms with van der Waals surface area (Å²) in [6.45, 7) is 4.00. The van der Waals surface area contributed by atoms with Crippen molar-refractivity contribution in [2.75, 3.05) is 26.4 Å². The van der Waals surface area contributed by atoms with Crippen LogP contribution in [0, 0.1) is 104 Å². The largest absolute Gasteiger partial charge is 0.381 e. The number of ether oxygens (including phenoxy) is 2. The monoisotopic (exact) mass is 466 g/mol. The fourth-order valence-electron chi connectivity index (χ4n) is 2.68. The molecule has 2 heterocycles. The predicted molar refractivity (Wildman–Crippen MR) is 94.8 cm³/mol. The summed E-state index contributed by atoms with van der Waals surface area (Å²) in [5, 5.41) is 0. The van der Waals surface area contributed by atoms with Gasteiger partial charge in [0.15, 0.2) is 0 Å². The van der Waals surface area contributed by atoms with Gasteiger partial charge in [-0.25, -0.2) is 0 Å². The standard InChI is InChI=1S/C13H14.2C4H8O.Sm/c1-2-7-12(6-1)10-5-11-13-8-3-4-9-13;2*1-2-4-5-3-1;/h1-4,6-9H,5,10-11H2;2*1-4H2;. The zero-order chi connectivity index (χ0) is 16.0. The Bertz CT molecular complexity index is 211. The van der Waals surface area contributed by atoms with Gasteiger partial charge in [0.25, 0.3) is 0 Å². The van der Waals surface area contributed by atoms with Gasteiger partial charge in [-0.3, -0.25) is 0 Å². The zero-order valence-electron chi connectivity index (χ0n) is 14.6. The average molecular weight is 465 g/mol. The van der Waals surface area contributed by atoms with E-state index in [9.17, 15) is 0 Å². The third kappa shape index (κ3) is 11.8. The fraction of sp³-hybridized carbons (Fsp3) is 0.524. The van der Waals surface area contributed by atoms with Gasteiger partial charge >= 0.3 is 0 Å². The molecule has 4 fully saturated rings. The maximum absolute atomic E-state index is 4.94. The van der Waals surface area contributed by atoms with E-state index >= 15 is 0 Å². The van der Waals surface area contributed by atoms with Crippen molar-refractivity contribution in [1.82, 2.24) is 0 Å². The molecule has 2 aliphatic carbocycles. The van der Waals surface area contributed by atoms with Gasteiger partial charge in [-0.1, -0.05) is 6.42 Å². The van der Waals surface area contributed by atoms with Crippen LogP contribution >= 0.6 is 0 Å². The van der Waals surface area contributed by atoms with E-state index in [1.165, 1.54) is 56.8 Å². The molecule has 0 aromatic rings. The molecule has 4 aliphatic rings. The fourth-order valence-corrected chi connectivity index (χ4v) is 2.68. The number of hydrogen-bond acceptors (Lipinski definition) is 2. The Hall–Kier alpha value is 1.26. The molecule has 2 saturated heterocycles. The van der Waals surface area contributed by atoms with Crippen LogP contribution < -0.4 is 0 Å². The minimum Gasteiger partial charge on any atom is -0.381 e. The molecule has 3 heteroatoms. The summed E-state index contributed by atoms with van der Waals surface area (Å²) in [7, 11) is 0. The molecular weight excluding hydrogens is 435 g/mol. The van der Waals surface area contributed by atoms with Crippen molar-refractivity contribution >= 4 is 0 Å². The molecule has 0 aromatic heterocycles. The maximum atomic E-state index is 4.94. The minimum absolute atomic E-state index is 0. The van der Waals surface area contributed by atoms with Crippen LogP contribution in [-0.2, 0) is 9.47 Å². The quantitative estimate of drug-likeness (QED) is 0.607. The van der Waals surface area contributed by atoms with Crippen molar-refractivity contribution < 1.29 is 49.9 Å². The van der Waals surface area contributed by atoms with Crippen LogP contribution in [0.5, 0.6) is 0 Å². The predicted octanol–water partition coefficient (Wildman–Crippen LogP) is 4.56. The van der Waals surface area contributed by atoms with Gasteiger partial charge in [0.05, 0.1) is 0 Å². The molecule has 0 atom stereocenters. The van der Waals surface area contributed by atoms with Crippen molar-refractivity contribution in [2.45, 2.75) is 44.9 Å². The van der Waals surface area contributed by atoms with E-state index in [0.29, 0.717) is 0 Å². The normalized spacial score (nSPS) is 24.0. The van der Waals surface area contributed by atoms with Crippen molar-refractivity contribution in [3.05, 3.63) is 63.2 Å². The summed E-state index contributed by atoms with van der Waals surface area (Å²) in [5.74, 6) is 2.93. The van der Waals surface area contributed by atoms with Crippen LogP contribution in [0.15, 0.2) is 0 Å². The molecule has 24 heavy (non-hydrogen) atoms. The first-order chi connectivity index (χ1) is 11.4. The Morgan fingerprint density at radius 3 is 1.17 bits per heavy atom. The molecular formula is C21H30O2Sm. The minimum atomic E-state index is 0. The second-order valence-corrected chi connectivity index (χ2v) is 6.08. The van der Waals surface area contributed by atoms with Crippen LogP contribution in [0.2, 0.25) is 0 Å². The third-order valence-electron chi connectivity index (χ3n) is 4.05. The van der Waals surface area contributed by atoms with Crippen molar-refractivity contribution in [3.63, 3.8) is 0 Å². The Kier molecular flexibility index (Phi) is 16.0. The zero-order valence-corrected chi connectivity index (χ0v) is 17.2. The van der Waals surface area contributed by atoms with Crippen LogP contribution in [0.3, 0.4) is 0 Å². The second kappa shape index (κ2) is 16.4. The molecule has 132 valence electrons. The molecule has 2 saturated carbocycles. The van der Waals surface area contributed by atoms with Gasteiger partial charge in [-0.2, -0.15) is 0 Å². The van der Waals surface area contributed by atoms with E-state index in [0.717, 1.165) is 26.4 Å². The summed E-state index contributed by atoms with van der Waals surface area (Å²) in [6.07, 6.45) is 26.0. The molecule has 0 unspecified atom stereocenters. The van der Waals surface area contributed by atoms with E-state index in [-0.39, 0.29) is 40.4 Å². The summed E-state index contributed by atoms with van der Waals surface area (Å²) in [6, 6.07) is 0. The van der Waals surface area contributed by atoms with Gasteiger partial charge in [0, 0.05) is 66.8 Å². The molecule has 10 radical (unpaired) electrons. The second-order valence-electron chi connectivity index (χ2n) is 6.08. The van der Waals surface area contributed by atoms with E-state index in [2.05, 4.69) is 51.4 Å². The van der Waals surface area contributed by atoms with Crippen LogP contribution in [0.1, 0.15) is 44.9 Å². The smallest absolute Gasteiger partial charge is 0.0466 e. The van der Waals surface area contributed by atoms with Crippen LogP contribution in [0.4, 0.5) is 0 Å². The summed E-state index contributed by atoms with van der Waals surface area (Å²) < 4.78 is 9.89. The van der Waals surface area contributed by atoms with E-state index in [1.54, 1.807) is 0 Å². The summed E-state index contributed by atoms with van der Waals surface area (Å²) in [5.41, 5.74) is 0. The Balaban J connectivity index is 0.000000216. The van der Waals surface area contributed by atoms with Gasteiger partial charge in [-0.05, 0) is 102 Å². The van der Waals surface area contributed by atoms with Gasteiger partial charge in [0.1, 0.15) is 0 Å². The molecule has 0 N–H and O–H groups in total. The average Bonchev–Trinajstić information content (AvgIpc) is 3.39. The van der Waals surface area contributed by atoms with Gasteiger partial charge in [-0.15, -0.1) is 0 Å². The number of rotatable bonds is 4. The van der Waals surface area contributed by atoms with E-state index < -0.39 is 0 Å². The molecule has 0 amide bonds. The van der Waals surface area contributed by atoms with Crippen molar-refractivity contribution in [2.24, 2.45) is 0 Å². The Morgan fingerprint density at radius 2 is 0.917 bits per heavy atom. The molecule has 0 aromatic carbocycles. The van der Waals surface area contributed by atoms with Crippen LogP contribution in [0.25, 0.3) is 0 Å². The summed E-state index contributed by atoms with van der Waals surface area (Å²) >= 11 is 0. The summed E-state index contributed by atoms with van der Waals surface area (Å²) in [4.78, 5) is 0. The van der Waals surface area contributed by atoms with Crippen molar-refractivity contribution in [3.8, 4) is 0 Å². The SMILES string of the molecule is C1CCOC1.C1CCOC1.[CH]1[CH][CH][C](CCC[C]2[CH][CH][CH][CH]2)[CH]1.[Sm]. The molecule has 2 nitrogen and oxygen atoms in total. The third-order valence-corrected chi connectivity index (χ3v) is 4.05. The van der Waals surface area contributed by atoms with E-state index in [1.807, 2.05) is 0 Å². The molecule has 0 spiro atoms. The van der Waals surface area contributed by atoms with E-state index in [4.69, 9.17) is 9.47 Å². The maximum Gasteiger partial charge on any atom is 0.0466 e. The Labute approximate surface area is 183 Å². The molecule has 2 aliphatic heterocycles. The first-order valence-corrected chi connectivity index (χ1v) is 9.02. The van der Waals surface area contributed by atoms with Gasteiger partial charge < -0.3 is 9.47 Å². The van der Waals surface area contributed by atoms with Crippen molar-refractivity contribution in [1.29, 1.82) is 0 Å². The molecule has 0 bridgehead atoms. The van der Waals surface area contributed by atoms with Crippen LogP contribution in [-0.4, -0.2) is 26.4 Å². The molecule has 4 rings (SSSR count). The van der Waals surface area contributed by atoms with Gasteiger partial charge in [0.2, 0.25) is 0 Å². The first kappa shape index (κ1) is 23.3. The first-order valence-electron chi connectivity index (χ1n) is 9.02.